The van der Waals surface area contributed by atoms with Crippen LogP contribution >= 0.6 is 0 Å². The summed E-state index contributed by atoms with van der Waals surface area (Å²) in [6, 6.07) is 12.1. The third kappa shape index (κ3) is 5.50. The Balaban J connectivity index is 0.000000279. The Morgan fingerprint density at radius 1 is 1.07 bits per heavy atom. The van der Waals surface area contributed by atoms with Crippen LogP contribution in [0.1, 0.15) is 44.4 Å². The van der Waals surface area contributed by atoms with Crippen LogP contribution in [0.25, 0.3) is 0 Å². The van der Waals surface area contributed by atoms with Crippen molar-refractivity contribution in [3.63, 3.8) is 0 Å². The first-order valence-corrected chi connectivity index (χ1v) is 9.17. The number of benzene rings is 2. The smallest absolute Gasteiger partial charge is 0.126 e. The second-order valence-corrected chi connectivity index (χ2v) is 7.90. The van der Waals surface area contributed by atoms with Gasteiger partial charge in [-0.15, -0.1) is 0 Å². The molecular formula is C22H29BO4. The van der Waals surface area contributed by atoms with Crippen molar-refractivity contribution in [1.29, 1.82) is 0 Å². The summed E-state index contributed by atoms with van der Waals surface area (Å²) in [7, 11) is 6.14. The molecule has 0 saturated carbocycles. The van der Waals surface area contributed by atoms with E-state index < -0.39 is 11.2 Å². The van der Waals surface area contributed by atoms with Crippen LogP contribution in [0.4, 0.5) is 0 Å². The van der Waals surface area contributed by atoms with Gasteiger partial charge in [-0.3, -0.25) is 0 Å². The number of aryl methyl sites for hydroxylation is 1. The van der Waals surface area contributed by atoms with Crippen LogP contribution in [0, 0.1) is 6.92 Å². The van der Waals surface area contributed by atoms with E-state index >= 15 is 0 Å². The average molecular weight is 368 g/mol. The number of rotatable bonds is 4. The topological polar surface area (TPSA) is 58.9 Å². The lowest BCUT2D eigenvalue weighted by Gasteiger charge is -2.31. The summed E-state index contributed by atoms with van der Waals surface area (Å²) in [5, 5.41) is 18.2. The fourth-order valence-corrected chi connectivity index (χ4v) is 2.34. The maximum atomic E-state index is 9.10. The summed E-state index contributed by atoms with van der Waals surface area (Å²) < 4.78 is 11.5. The SMILES string of the molecule is CC(C)(O)C(C)(C)O.[B]c1c(C)cc2c(c1OCc1ccccc1)CCO2. The highest BCUT2D eigenvalue weighted by molar-refractivity contribution is 6.35. The average Bonchev–Trinajstić information content (AvgIpc) is 3.03. The molecule has 2 N–H and O–H groups in total. The third-order valence-electron chi connectivity index (χ3n) is 4.92. The van der Waals surface area contributed by atoms with Gasteiger partial charge in [0, 0.05) is 12.0 Å². The number of fused-ring (bicyclic) bond motifs is 1. The van der Waals surface area contributed by atoms with E-state index in [1.807, 2.05) is 43.3 Å². The molecule has 0 fully saturated rings. The number of hydrogen-bond donors (Lipinski definition) is 2. The van der Waals surface area contributed by atoms with Crippen molar-refractivity contribution in [1.82, 2.24) is 0 Å². The van der Waals surface area contributed by atoms with Crippen molar-refractivity contribution in [3.8, 4) is 11.5 Å². The molecule has 0 unspecified atom stereocenters. The van der Waals surface area contributed by atoms with Crippen molar-refractivity contribution in [2.45, 2.75) is 58.8 Å². The summed E-state index contributed by atoms with van der Waals surface area (Å²) in [6.07, 6.45) is 0.865. The molecule has 0 atom stereocenters. The first-order chi connectivity index (χ1) is 12.5. The molecule has 2 radical (unpaired) electrons. The molecule has 27 heavy (non-hydrogen) atoms. The van der Waals surface area contributed by atoms with Gasteiger partial charge in [-0.1, -0.05) is 41.4 Å². The van der Waals surface area contributed by atoms with Gasteiger partial charge < -0.3 is 19.7 Å². The Labute approximate surface area is 163 Å². The molecule has 0 aliphatic carbocycles. The lowest BCUT2D eigenvalue weighted by atomic mass is 9.87. The molecule has 144 valence electrons. The molecule has 1 aliphatic heterocycles. The normalized spacial score (nSPS) is 13.3. The minimum atomic E-state index is -1.01. The van der Waals surface area contributed by atoms with Crippen molar-refractivity contribution in [2.24, 2.45) is 0 Å². The predicted molar refractivity (Wildman–Crippen MR) is 109 cm³/mol. The van der Waals surface area contributed by atoms with Gasteiger partial charge in [-0.05, 0) is 46.2 Å². The van der Waals surface area contributed by atoms with Gasteiger partial charge in [0.05, 0.1) is 17.8 Å². The molecular weight excluding hydrogens is 339 g/mol. The van der Waals surface area contributed by atoms with E-state index in [0.717, 1.165) is 40.1 Å². The summed E-state index contributed by atoms with van der Waals surface area (Å²) >= 11 is 0. The second kappa shape index (κ2) is 8.36. The van der Waals surface area contributed by atoms with Crippen LogP contribution in [0.2, 0.25) is 0 Å². The molecule has 5 heteroatoms. The molecule has 0 spiro atoms. The van der Waals surface area contributed by atoms with Gasteiger partial charge in [-0.25, -0.2) is 0 Å². The van der Waals surface area contributed by atoms with Crippen LogP contribution < -0.4 is 14.9 Å². The first-order valence-electron chi connectivity index (χ1n) is 9.17. The minimum Gasteiger partial charge on any atom is -0.493 e. The predicted octanol–water partition coefficient (Wildman–Crippen LogP) is 2.83. The van der Waals surface area contributed by atoms with Gasteiger partial charge >= 0.3 is 0 Å². The molecule has 2 aromatic carbocycles. The first kappa shape index (κ1) is 21.3. The highest BCUT2D eigenvalue weighted by Crippen LogP contribution is 2.33. The van der Waals surface area contributed by atoms with Crippen LogP contribution in [0.3, 0.4) is 0 Å². The largest absolute Gasteiger partial charge is 0.493 e. The fourth-order valence-electron chi connectivity index (χ4n) is 2.34. The van der Waals surface area contributed by atoms with E-state index in [2.05, 4.69) is 0 Å². The second-order valence-electron chi connectivity index (χ2n) is 7.90. The lowest BCUT2D eigenvalue weighted by Crippen LogP contribution is -2.44. The van der Waals surface area contributed by atoms with E-state index in [-0.39, 0.29) is 0 Å². The summed E-state index contributed by atoms with van der Waals surface area (Å²) in [5.74, 6) is 1.70. The van der Waals surface area contributed by atoms with Crippen LogP contribution in [-0.2, 0) is 13.0 Å². The maximum Gasteiger partial charge on any atom is 0.126 e. The molecule has 0 saturated heterocycles. The van der Waals surface area contributed by atoms with Crippen LogP contribution in [0.15, 0.2) is 36.4 Å². The van der Waals surface area contributed by atoms with Crippen LogP contribution in [0.5, 0.6) is 11.5 Å². The Morgan fingerprint density at radius 2 is 1.67 bits per heavy atom. The molecule has 0 aromatic heterocycles. The van der Waals surface area contributed by atoms with E-state index in [0.29, 0.717) is 13.2 Å². The zero-order valence-electron chi connectivity index (χ0n) is 16.9. The van der Waals surface area contributed by atoms with Gasteiger partial charge in [0.1, 0.15) is 26.0 Å². The van der Waals surface area contributed by atoms with Crippen molar-refractivity contribution < 1.29 is 19.7 Å². The lowest BCUT2D eigenvalue weighted by molar-refractivity contribution is -0.107. The zero-order chi connectivity index (χ0) is 20.2. The number of ether oxygens (including phenoxy) is 2. The van der Waals surface area contributed by atoms with Gasteiger partial charge in [0.15, 0.2) is 0 Å². The van der Waals surface area contributed by atoms with Gasteiger partial charge in [-0.2, -0.15) is 0 Å². The molecule has 2 aromatic rings. The van der Waals surface area contributed by atoms with E-state index in [9.17, 15) is 0 Å². The van der Waals surface area contributed by atoms with Crippen LogP contribution in [-0.4, -0.2) is 35.9 Å². The van der Waals surface area contributed by atoms with Crippen molar-refractivity contribution >= 4 is 13.3 Å². The number of aliphatic hydroxyl groups is 2. The number of hydrogen-bond acceptors (Lipinski definition) is 4. The van der Waals surface area contributed by atoms with E-state index in [1.165, 1.54) is 0 Å². The Kier molecular flexibility index (Phi) is 6.61. The monoisotopic (exact) mass is 368 g/mol. The summed E-state index contributed by atoms with van der Waals surface area (Å²) in [5.41, 5.74) is 1.94. The molecule has 1 heterocycles. The highest BCUT2D eigenvalue weighted by Gasteiger charge is 2.31. The fraction of sp³-hybridized carbons (Fsp3) is 0.455. The molecule has 4 nitrogen and oxygen atoms in total. The van der Waals surface area contributed by atoms with E-state index in [4.69, 9.17) is 27.5 Å². The van der Waals surface area contributed by atoms with Crippen molar-refractivity contribution in [3.05, 3.63) is 53.1 Å². The molecule has 0 amide bonds. The van der Waals surface area contributed by atoms with Gasteiger partial charge in [0.25, 0.3) is 0 Å². The standard InChI is InChI=1S/C16H15BO2.C6H14O2/c1-11-9-14-13(7-8-18-14)16(15(11)17)19-10-12-5-3-2-4-6-12;1-5(2,7)6(3,4)8/h2-6,9H,7-8,10H2,1H3;7-8H,1-4H3. The Morgan fingerprint density at radius 3 is 2.22 bits per heavy atom. The molecule has 1 aliphatic rings. The quantitative estimate of drug-likeness (QED) is 0.815. The Hall–Kier alpha value is -1.98. The molecule has 0 bridgehead atoms. The summed E-state index contributed by atoms with van der Waals surface area (Å²) in [4.78, 5) is 0. The summed E-state index contributed by atoms with van der Waals surface area (Å²) in [6.45, 7) is 9.52. The highest BCUT2D eigenvalue weighted by atomic mass is 16.5. The zero-order valence-corrected chi connectivity index (χ0v) is 16.9. The maximum absolute atomic E-state index is 9.10. The third-order valence-corrected chi connectivity index (χ3v) is 4.92. The van der Waals surface area contributed by atoms with Gasteiger partial charge in [0.2, 0.25) is 0 Å². The minimum absolute atomic E-state index is 0.529. The van der Waals surface area contributed by atoms with Crippen molar-refractivity contribution in [2.75, 3.05) is 6.61 Å². The Bertz CT molecular complexity index is 747. The molecule has 3 rings (SSSR count). The van der Waals surface area contributed by atoms with E-state index in [1.54, 1.807) is 27.7 Å².